The highest BCUT2D eigenvalue weighted by Gasteiger charge is 2.29. The van der Waals surface area contributed by atoms with Crippen molar-refractivity contribution in [1.82, 2.24) is 14.9 Å². The first-order chi connectivity index (χ1) is 11.9. The van der Waals surface area contributed by atoms with Gasteiger partial charge in [-0.2, -0.15) is 0 Å². The van der Waals surface area contributed by atoms with Gasteiger partial charge < -0.3 is 16.0 Å². The van der Waals surface area contributed by atoms with E-state index in [1.807, 2.05) is 31.4 Å². The predicted octanol–water partition coefficient (Wildman–Crippen LogP) is 2.55. The molecule has 0 bridgehead atoms. The summed E-state index contributed by atoms with van der Waals surface area (Å²) in [6.45, 7) is 6.39. The zero-order valence-electron chi connectivity index (χ0n) is 15.3. The lowest BCUT2D eigenvalue weighted by Crippen LogP contribution is -2.55. The van der Waals surface area contributed by atoms with E-state index in [1.165, 1.54) is 0 Å². The van der Waals surface area contributed by atoms with Gasteiger partial charge in [-0.3, -0.25) is 9.36 Å². The van der Waals surface area contributed by atoms with E-state index < -0.39 is 5.54 Å². The van der Waals surface area contributed by atoms with Gasteiger partial charge in [-0.15, -0.1) is 0 Å². The minimum Gasteiger partial charge on any atom is -0.345 e. The maximum absolute atomic E-state index is 12.6. The number of rotatable bonds is 5. The molecule has 1 heterocycles. The summed E-state index contributed by atoms with van der Waals surface area (Å²) < 4.78 is 1.85. The van der Waals surface area contributed by atoms with E-state index in [1.54, 1.807) is 12.1 Å². The van der Waals surface area contributed by atoms with Crippen LogP contribution in [-0.4, -0.2) is 27.5 Å². The van der Waals surface area contributed by atoms with Crippen LogP contribution in [-0.2, 0) is 0 Å². The number of H-pyrrole nitrogens is 1. The first-order valence-corrected chi connectivity index (χ1v) is 9.12. The third-order valence-corrected chi connectivity index (χ3v) is 5.77. The number of hydrogen-bond acceptors (Lipinski definition) is 3. The lowest BCUT2D eigenvalue weighted by Gasteiger charge is -2.33. The summed E-state index contributed by atoms with van der Waals surface area (Å²) in [4.78, 5) is 27.9. The fourth-order valence-electron chi connectivity index (χ4n) is 3.56. The van der Waals surface area contributed by atoms with Crippen molar-refractivity contribution in [1.29, 1.82) is 0 Å². The van der Waals surface area contributed by atoms with Gasteiger partial charge in [-0.25, -0.2) is 4.79 Å². The molecule has 1 saturated carbocycles. The second kappa shape index (κ2) is 6.67. The predicted molar refractivity (Wildman–Crippen MR) is 99.8 cm³/mol. The largest absolute Gasteiger partial charge is 0.345 e. The van der Waals surface area contributed by atoms with Crippen LogP contribution >= 0.6 is 0 Å². The molecule has 136 valence electrons. The summed E-state index contributed by atoms with van der Waals surface area (Å²) in [5.41, 5.74) is 7.42. The summed E-state index contributed by atoms with van der Waals surface area (Å²) in [5.74, 6) is 0.0476. The van der Waals surface area contributed by atoms with Crippen LogP contribution in [0.2, 0.25) is 0 Å². The molecule has 1 aromatic carbocycles. The third kappa shape index (κ3) is 3.23. The van der Waals surface area contributed by atoms with Gasteiger partial charge in [0.2, 0.25) is 0 Å². The second-order valence-electron chi connectivity index (χ2n) is 7.70. The van der Waals surface area contributed by atoms with Gasteiger partial charge in [0, 0.05) is 18.2 Å². The first-order valence-electron chi connectivity index (χ1n) is 9.12. The Kier molecular flexibility index (Phi) is 4.73. The number of nitrogens with two attached hydrogens (primary N) is 1. The molecule has 0 radical (unpaired) electrons. The zero-order chi connectivity index (χ0) is 18.2. The first kappa shape index (κ1) is 17.7. The van der Waals surface area contributed by atoms with Crippen molar-refractivity contribution in [2.45, 2.75) is 58.0 Å². The van der Waals surface area contributed by atoms with Crippen molar-refractivity contribution in [3.8, 4) is 0 Å². The molecule has 1 aliphatic carbocycles. The Bertz CT molecular complexity index is 830. The lowest BCUT2D eigenvalue weighted by atomic mass is 9.88. The average Bonchev–Trinajstić information content (AvgIpc) is 3.19. The van der Waals surface area contributed by atoms with Gasteiger partial charge >= 0.3 is 5.69 Å². The number of imidazole rings is 1. The van der Waals surface area contributed by atoms with E-state index >= 15 is 0 Å². The molecular formula is C19H28N4O2. The molecule has 6 nitrogen and oxygen atoms in total. The van der Waals surface area contributed by atoms with Crippen LogP contribution < -0.4 is 16.7 Å². The van der Waals surface area contributed by atoms with Crippen LogP contribution in [0.1, 0.15) is 62.9 Å². The normalized spacial score (nSPS) is 18.0. The SMILES string of the molecule is CC(C)C(C)(CN)NC(=O)c1ccc2c(c1)[nH]c(=O)n2C1CCCC1. The van der Waals surface area contributed by atoms with Gasteiger partial charge in [0.05, 0.1) is 16.6 Å². The van der Waals surface area contributed by atoms with Gasteiger partial charge in [0.25, 0.3) is 5.91 Å². The number of amides is 1. The quantitative estimate of drug-likeness (QED) is 0.778. The van der Waals surface area contributed by atoms with E-state index in [2.05, 4.69) is 10.3 Å². The van der Waals surface area contributed by atoms with Crippen LogP contribution in [0.15, 0.2) is 23.0 Å². The molecule has 25 heavy (non-hydrogen) atoms. The minimum absolute atomic E-state index is 0.0894. The summed E-state index contributed by atoms with van der Waals surface area (Å²) in [6, 6.07) is 5.68. The molecule has 2 aromatic rings. The lowest BCUT2D eigenvalue weighted by molar-refractivity contribution is 0.0883. The van der Waals surface area contributed by atoms with Crippen molar-refractivity contribution in [3.05, 3.63) is 34.2 Å². The number of aromatic amines is 1. The van der Waals surface area contributed by atoms with E-state index in [0.717, 1.165) is 31.2 Å². The topological polar surface area (TPSA) is 92.9 Å². The van der Waals surface area contributed by atoms with Crippen LogP contribution in [0.3, 0.4) is 0 Å². The van der Waals surface area contributed by atoms with Crippen molar-refractivity contribution >= 4 is 16.9 Å². The smallest absolute Gasteiger partial charge is 0.326 e. The molecule has 3 rings (SSSR count). The van der Waals surface area contributed by atoms with Crippen LogP contribution in [0.4, 0.5) is 0 Å². The molecule has 1 amide bonds. The monoisotopic (exact) mass is 344 g/mol. The Labute approximate surface area is 147 Å². The zero-order valence-corrected chi connectivity index (χ0v) is 15.3. The minimum atomic E-state index is -0.463. The van der Waals surface area contributed by atoms with Gasteiger partial charge in [0.1, 0.15) is 0 Å². The fourth-order valence-corrected chi connectivity index (χ4v) is 3.56. The maximum atomic E-state index is 12.6. The van der Waals surface area contributed by atoms with Gasteiger partial charge in [-0.05, 0) is 43.9 Å². The highest BCUT2D eigenvalue weighted by molar-refractivity contribution is 5.97. The Morgan fingerprint density at radius 2 is 2.08 bits per heavy atom. The standard InChI is InChI=1S/C19H28N4O2/c1-12(2)19(3,11-20)22-17(24)13-8-9-16-15(10-13)21-18(25)23(16)14-6-4-5-7-14/h8-10,12,14H,4-7,11,20H2,1-3H3,(H,21,25)(H,22,24). The average molecular weight is 344 g/mol. The van der Waals surface area contributed by atoms with Gasteiger partial charge in [0.15, 0.2) is 0 Å². The highest BCUT2D eigenvalue weighted by atomic mass is 16.2. The summed E-state index contributed by atoms with van der Waals surface area (Å²) in [7, 11) is 0. The number of benzene rings is 1. The number of fused-ring (bicyclic) bond motifs is 1. The van der Waals surface area contributed by atoms with E-state index in [0.29, 0.717) is 17.6 Å². The number of nitrogens with one attached hydrogen (secondary N) is 2. The van der Waals surface area contributed by atoms with Crippen molar-refractivity contribution < 1.29 is 4.79 Å². The van der Waals surface area contributed by atoms with Crippen LogP contribution in [0.5, 0.6) is 0 Å². The van der Waals surface area contributed by atoms with Crippen LogP contribution in [0.25, 0.3) is 11.0 Å². The number of carbonyl (C=O) groups is 1. The molecule has 0 spiro atoms. The van der Waals surface area contributed by atoms with Crippen molar-refractivity contribution in [3.63, 3.8) is 0 Å². The number of hydrogen-bond donors (Lipinski definition) is 3. The molecular weight excluding hydrogens is 316 g/mol. The second-order valence-corrected chi connectivity index (χ2v) is 7.70. The van der Waals surface area contributed by atoms with Crippen molar-refractivity contribution in [2.75, 3.05) is 6.54 Å². The number of carbonyl (C=O) groups excluding carboxylic acids is 1. The molecule has 1 unspecified atom stereocenters. The Hall–Kier alpha value is -2.08. The molecule has 0 aliphatic heterocycles. The summed E-state index contributed by atoms with van der Waals surface area (Å²) in [6.07, 6.45) is 4.41. The summed E-state index contributed by atoms with van der Waals surface area (Å²) >= 11 is 0. The van der Waals surface area contributed by atoms with Crippen molar-refractivity contribution in [2.24, 2.45) is 11.7 Å². The van der Waals surface area contributed by atoms with E-state index in [9.17, 15) is 9.59 Å². The molecule has 1 aliphatic rings. The molecule has 1 aromatic heterocycles. The molecule has 6 heteroatoms. The van der Waals surface area contributed by atoms with E-state index in [4.69, 9.17) is 5.73 Å². The number of nitrogens with zero attached hydrogens (tertiary/aromatic N) is 1. The number of aromatic nitrogens is 2. The molecule has 4 N–H and O–H groups in total. The van der Waals surface area contributed by atoms with Crippen LogP contribution in [0, 0.1) is 5.92 Å². The fraction of sp³-hybridized carbons (Fsp3) is 0.579. The maximum Gasteiger partial charge on any atom is 0.326 e. The third-order valence-electron chi connectivity index (χ3n) is 5.77. The summed E-state index contributed by atoms with van der Waals surface area (Å²) in [5, 5.41) is 3.04. The molecule has 1 atom stereocenters. The highest BCUT2D eigenvalue weighted by Crippen LogP contribution is 2.30. The Morgan fingerprint density at radius 1 is 1.40 bits per heavy atom. The molecule has 0 saturated heterocycles. The van der Waals surface area contributed by atoms with E-state index in [-0.39, 0.29) is 23.6 Å². The van der Waals surface area contributed by atoms with Gasteiger partial charge in [-0.1, -0.05) is 26.7 Å². The Balaban J connectivity index is 1.91. The Morgan fingerprint density at radius 3 is 2.68 bits per heavy atom. The molecule has 1 fully saturated rings.